The predicted molar refractivity (Wildman–Crippen MR) is 98.6 cm³/mol. The first-order chi connectivity index (χ1) is 12.4. The van der Waals surface area contributed by atoms with Gasteiger partial charge >= 0.3 is 6.03 Å². The summed E-state index contributed by atoms with van der Waals surface area (Å²) in [6.07, 6.45) is 4.14. The van der Waals surface area contributed by atoms with Crippen LogP contribution in [0.2, 0.25) is 5.02 Å². The number of carbonyl (C=O) groups excluding carboxylic acids is 3. The second-order valence-corrected chi connectivity index (χ2v) is 7.59. The standard InChI is InChI=1S/C19H24ClN3O3/c1-22(13-14-6-8-15(20)9-7-14)16(24)5-4-12-23-17(25)19(21-18(23)26)10-2-3-11-19/h6-9H,2-5,10-13H2,1H3,(H,21,26). The van der Waals surface area contributed by atoms with Gasteiger partial charge in [-0.05, 0) is 37.0 Å². The first kappa shape index (κ1) is 18.7. The molecule has 3 rings (SSSR count). The Morgan fingerprint density at radius 1 is 1.23 bits per heavy atom. The molecule has 26 heavy (non-hydrogen) atoms. The molecule has 0 aromatic heterocycles. The highest BCUT2D eigenvalue weighted by atomic mass is 35.5. The zero-order valence-electron chi connectivity index (χ0n) is 15.0. The maximum atomic E-state index is 12.6. The third kappa shape index (κ3) is 3.85. The minimum absolute atomic E-state index is 0.0115. The second-order valence-electron chi connectivity index (χ2n) is 7.16. The van der Waals surface area contributed by atoms with E-state index in [0.29, 0.717) is 24.4 Å². The van der Waals surface area contributed by atoms with Gasteiger partial charge in [-0.1, -0.05) is 36.6 Å². The predicted octanol–water partition coefficient (Wildman–Crippen LogP) is 2.94. The van der Waals surface area contributed by atoms with E-state index >= 15 is 0 Å². The van der Waals surface area contributed by atoms with Gasteiger partial charge in [0.05, 0.1) is 0 Å². The van der Waals surface area contributed by atoms with Gasteiger partial charge in [0.15, 0.2) is 0 Å². The Morgan fingerprint density at radius 2 is 1.88 bits per heavy atom. The lowest BCUT2D eigenvalue weighted by atomic mass is 9.98. The van der Waals surface area contributed by atoms with Crippen LogP contribution in [0.3, 0.4) is 0 Å². The summed E-state index contributed by atoms with van der Waals surface area (Å²) in [5, 5.41) is 3.52. The van der Waals surface area contributed by atoms with Crippen LogP contribution in [0.25, 0.3) is 0 Å². The minimum atomic E-state index is -0.674. The number of carbonyl (C=O) groups is 3. The molecule has 0 atom stereocenters. The van der Waals surface area contributed by atoms with Crippen molar-refractivity contribution in [3.8, 4) is 0 Å². The van der Waals surface area contributed by atoms with Gasteiger partial charge in [-0.15, -0.1) is 0 Å². The Labute approximate surface area is 158 Å². The van der Waals surface area contributed by atoms with Crippen molar-refractivity contribution in [3.05, 3.63) is 34.9 Å². The van der Waals surface area contributed by atoms with Crippen LogP contribution in [-0.4, -0.2) is 46.8 Å². The van der Waals surface area contributed by atoms with Gasteiger partial charge in [-0.3, -0.25) is 14.5 Å². The lowest BCUT2D eigenvalue weighted by Crippen LogP contribution is -2.44. The molecule has 1 saturated carbocycles. The Morgan fingerprint density at radius 3 is 2.54 bits per heavy atom. The highest BCUT2D eigenvalue weighted by Gasteiger charge is 2.52. The largest absolute Gasteiger partial charge is 0.341 e. The molecule has 1 saturated heterocycles. The average Bonchev–Trinajstić information content (AvgIpc) is 3.17. The zero-order chi connectivity index (χ0) is 18.7. The van der Waals surface area contributed by atoms with Crippen LogP contribution in [0, 0.1) is 0 Å². The molecule has 7 heteroatoms. The van der Waals surface area contributed by atoms with Crippen molar-refractivity contribution in [1.82, 2.24) is 15.1 Å². The van der Waals surface area contributed by atoms with E-state index in [1.54, 1.807) is 24.1 Å². The molecule has 0 radical (unpaired) electrons. The summed E-state index contributed by atoms with van der Waals surface area (Å²) in [5.41, 5.74) is 0.328. The molecule has 1 N–H and O–H groups in total. The van der Waals surface area contributed by atoms with Crippen molar-refractivity contribution >= 4 is 29.4 Å². The number of benzene rings is 1. The van der Waals surface area contributed by atoms with E-state index in [1.165, 1.54) is 4.90 Å². The molecule has 1 aromatic rings. The van der Waals surface area contributed by atoms with Gasteiger partial charge in [-0.25, -0.2) is 4.79 Å². The summed E-state index contributed by atoms with van der Waals surface area (Å²) in [4.78, 5) is 39.9. The number of halogens is 1. The number of urea groups is 1. The molecule has 1 aliphatic heterocycles. The molecule has 4 amide bonds. The number of imide groups is 1. The summed E-state index contributed by atoms with van der Waals surface area (Å²) in [5.74, 6) is -0.135. The molecule has 6 nitrogen and oxygen atoms in total. The molecule has 1 heterocycles. The summed E-state index contributed by atoms with van der Waals surface area (Å²) in [7, 11) is 1.75. The van der Waals surface area contributed by atoms with Gasteiger partial charge in [0, 0.05) is 31.6 Å². The fourth-order valence-electron chi connectivity index (χ4n) is 3.73. The van der Waals surface area contributed by atoms with Crippen molar-refractivity contribution in [3.63, 3.8) is 0 Å². The second kappa shape index (κ2) is 7.66. The van der Waals surface area contributed by atoms with Gasteiger partial charge in [0.2, 0.25) is 5.91 Å². The Balaban J connectivity index is 1.46. The number of rotatable bonds is 6. The highest BCUT2D eigenvalue weighted by Crippen LogP contribution is 2.35. The summed E-state index contributed by atoms with van der Waals surface area (Å²) in [6, 6.07) is 7.05. The van der Waals surface area contributed by atoms with Crippen LogP contribution in [0.4, 0.5) is 4.79 Å². The van der Waals surface area contributed by atoms with Crippen molar-refractivity contribution in [2.75, 3.05) is 13.6 Å². The molecule has 0 bridgehead atoms. The first-order valence-electron chi connectivity index (χ1n) is 9.04. The van der Waals surface area contributed by atoms with E-state index in [-0.39, 0.29) is 24.4 Å². The zero-order valence-corrected chi connectivity index (χ0v) is 15.7. The van der Waals surface area contributed by atoms with Crippen LogP contribution < -0.4 is 5.32 Å². The Bertz CT molecular complexity index is 698. The maximum absolute atomic E-state index is 12.6. The van der Waals surface area contributed by atoms with Crippen LogP contribution in [0.15, 0.2) is 24.3 Å². The van der Waals surface area contributed by atoms with E-state index in [4.69, 9.17) is 11.6 Å². The summed E-state index contributed by atoms with van der Waals surface area (Å²) >= 11 is 5.86. The number of nitrogens with zero attached hydrogens (tertiary/aromatic N) is 2. The molecule has 1 spiro atoms. The number of hydrogen-bond acceptors (Lipinski definition) is 3. The smallest absolute Gasteiger partial charge is 0.325 e. The van der Waals surface area contributed by atoms with Gasteiger partial charge < -0.3 is 10.2 Å². The summed E-state index contributed by atoms with van der Waals surface area (Å²) in [6.45, 7) is 0.787. The van der Waals surface area contributed by atoms with Crippen LogP contribution in [0.5, 0.6) is 0 Å². The molecule has 2 fully saturated rings. The fourth-order valence-corrected chi connectivity index (χ4v) is 3.85. The third-order valence-corrected chi connectivity index (χ3v) is 5.49. The lowest BCUT2D eigenvalue weighted by molar-refractivity contribution is -0.133. The number of hydrogen-bond donors (Lipinski definition) is 1. The van der Waals surface area contributed by atoms with Gasteiger partial charge in [0.1, 0.15) is 5.54 Å². The molecular weight excluding hydrogens is 354 g/mol. The fraction of sp³-hybridized carbons (Fsp3) is 0.526. The van der Waals surface area contributed by atoms with Gasteiger partial charge in [-0.2, -0.15) is 0 Å². The third-order valence-electron chi connectivity index (χ3n) is 5.23. The molecule has 0 unspecified atom stereocenters. The van der Waals surface area contributed by atoms with Gasteiger partial charge in [0.25, 0.3) is 5.91 Å². The summed E-state index contributed by atoms with van der Waals surface area (Å²) < 4.78 is 0. The topological polar surface area (TPSA) is 69.7 Å². The highest BCUT2D eigenvalue weighted by molar-refractivity contribution is 6.30. The SMILES string of the molecule is CN(Cc1ccc(Cl)cc1)C(=O)CCCN1C(=O)NC2(CCCC2)C1=O. The van der Waals surface area contributed by atoms with Crippen LogP contribution >= 0.6 is 11.6 Å². The first-order valence-corrected chi connectivity index (χ1v) is 9.42. The maximum Gasteiger partial charge on any atom is 0.325 e. The normalized spacial score (nSPS) is 18.5. The van der Waals surface area contributed by atoms with E-state index in [2.05, 4.69) is 5.32 Å². The van der Waals surface area contributed by atoms with E-state index in [0.717, 1.165) is 31.2 Å². The van der Waals surface area contributed by atoms with E-state index < -0.39 is 5.54 Å². The van der Waals surface area contributed by atoms with Crippen molar-refractivity contribution in [1.29, 1.82) is 0 Å². The Hall–Kier alpha value is -2.08. The van der Waals surface area contributed by atoms with Crippen molar-refractivity contribution in [2.24, 2.45) is 0 Å². The Kier molecular flexibility index (Phi) is 5.51. The number of amides is 4. The minimum Gasteiger partial charge on any atom is -0.341 e. The van der Waals surface area contributed by atoms with Crippen LogP contribution in [0.1, 0.15) is 44.1 Å². The van der Waals surface area contributed by atoms with Crippen molar-refractivity contribution < 1.29 is 14.4 Å². The number of nitrogens with one attached hydrogen (secondary N) is 1. The molecule has 1 aromatic carbocycles. The molecule has 2 aliphatic rings. The average molecular weight is 378 g/mol. The quantitative estimate of drug-likeness (QED) is 0.775. The van der Waals surface area contributed by atoms with Crippen LogP contribution in [-0.2, 0) is 16.1 Å². The molecule has 140 valence electrons. The van der Waals surface area contributed by atoms with E-state index in [1.807, 2.05) is 12.1 Å². The monoisotopic (exact) mass is 377 g/mol. The lowest BCUT2D eigenvalue weighted by Gasteiger charge is -2.20. The van der Waals surface area contributed by atoms with Crippen molar-refractivity contribution in [2.45, 2.75) is 50.6 Å². The molecular formula is C19H24ClN3O3. The molecule has 1 aliphatic carbocycles. The van der Waals surface area contributed by atoms with E-state index in [9.17, 15) is 14.4 Å².